The highest BCUT2D eigenvalue weighted by Crippen LogP contribution is 2.60. The molecule has 6 aromatic rings. The zero-order valence-corrected chi connectivity index (χ0v) is 42.2. The van der Waals surface area contributed by atoms with Gasteiger partial charge in [0, 0.05) is 45.8 Å². The molecule has 71 heavy (non-hydrogen) atoms. The van der Waals surface area contributed by atoms with E-state index in [9.17, 15) is 0 Å². The minimum absolute atomic E-state index is 0.140. The summed E-state index contributed by atoms with van der Waals surface area (Å²) in [6.45, 7) is 2.26. The lowest BCUT2D eigenvalue weighted by Crippen LogP contribution is -2.37. The Morgan fingerprint density at radius 3 is 2.27 bits per heavy atom. The van der Waals surface area contributed by atoms with Crippen LogP contribution in [0.1, 0.15) is 120 Å². The molecule has 0 bridgehead atoms. The standard InChI is InChI=1S/C56H49NS.C13H16/c1-57(45-33-30-40(31-34-45)47-22-13-25-54-55(47)49-21-9-11-24-53(49)58-54)46-19-12-14-41(36-46)38-26-28-39(29-27-38)42-32-35-52-50(37-42)48-20-8-10-23-51(48)56(52,43-15-4-2-5-16-43)44-17-6-3-7-18-44;1-11-7-9-13(10-8-11)12-5-3-2-4-6-12/h2,4-6,8-11,13-17,20-21,23-36,42,44,47H,3,7,12,18-19,22,37H2,1H3;2-5,7,9-12H,6,8H2,1H3. The predicted molar refractivity (Wildman–Crippen MR) is 305 cm³/mol. The minimum atomic E-state index is -0.140. The van der Waals surface area contributed by atoms with Crippen molar-refractivity contribution in [2.24, 2.45) is 17.8 Å². The van der Waals surface area contributed by atoms with Crippen molar-refractivity contribution in [2.75, 3.05) is 11.9 Å². The van der Waals surface area contributed by atoms with Gasteiger partial charge in [-0.15, -0.1) is 11.3 Å². The lowest BCUT2D eigenvalue weighted by molar-refractivity contribution is 0.402. The second kappa shape index (κ2) is 19.8. The first-order valence-electron chi connectivity index (χ1n) is 26.5. The van der Waals surface area contributed by atoms with E-state index in [2.05, 4.69) is 237 Å². The van der Waals surface area contributed by atoms with Crippen LogP contribution in [0.25, 0.3) is 27.3 Å². The Morgan fingerprint density at radius 1 is 0.648 bits per heavy atom. The number of anilines is 1. The fourth-order valence-electron chi connectivity index (χ4n) is 12.9. The van der Waals surface area contributed by atoms with E-state index < -0.39 is 0 Å². The average molecular weight is 940 g/mol. The molecule has 0 aliphatic heterocycles. The van der Waals surface area contributed by atoms with Gasteiger partial charge in [0.2, 0.25) is 0 Å². The maximum absolute atomic E-state index is 2.53. The van der Waals surface area contributed by atoms with Gasteiger partial charge >= 0.3 is 0 Å². The molecule has 0 fully saturated rings. The molecule has 0 radical (unpaired) electrons. The van der Waals surface area contributed by atoms with Gasteiger partial charge in [0.25, 0.3) is 0 Å². The largest absolute Gasteiger partial charge is 0.348 e. The number of fused-ring (bicyclic) bond motifs is 5. The van der Waals surface area contributed by atoms with Crippen LogP contribution in [0.15, 0.2) is 229 Å². The molecule has 6 atom stereocenters. The predicted octanol–water partition coefficient (Wildman–Crippen LogP) is 18.4. The molecular weight excluding hydrogens is 875 g/mol. The fraction of sp³-hybridized carbons (Fsp3) is 0.246. The maximum atomic E-state index is 2.53. The average Bonchev–Trinajstić information content (AvgIpc) is 3.98. The number of hydrogen-bond donors (Lipinski definition) is 0. The van der Waals surface area contributed by atoms with Crippen molar-refractivity contribution >= 4 is 44.3 Å². The van der Waals surface area contributed by atoms with Gasteiger partial charge in [-0.05, 0) is 167 Å². The van der Waals surface area contributed by atoms with E-state index in [0.29, 0.717) is 23.7 Å². The van der Waals surface area contributed by atoms with Gasteiger partial charge in [-0.2, -0.15) is 0 Å². The number of allylic oxidation sites excluding steroid dienone is 19. The topological polar surface area (TPSA) is 3.24 Å². The van der Waals surface area contributed by atoms with Crippen molar-refractivity contribution in [3.05, 3.63) is 273 Å². The van der Waals surface area contributed by atoms with Crippen LogP contribution in [-0.2, 0) is 5.41 Å². The Morgan fingerprint density at radius 2 is 1.46 bits per heavy atom. The molecule has 0 N–H and O–H groups in total. The van der Waals surface area contributed by atoms with E-state index in [0.717, 1.165) is 31.6 Å². The number of benzene rings is 5. The first kappa shape index (κ1) is 45.4. The van der Waals surface area contributed by atoms with Crippen LogP contribution >= 0.6 is 11.3 Å². The Labute approximate surface area is 426 Å². The summed E-state index contributed by atoms with van der Waals surface area (Å²) < 4.78 is 1.39. The monoisotopic (exact) mass is 939 g/mol. The Bertz CT molecular complexity index is 3260. The Kier molecular flexibility index (Phi) is 12.7. The highest BCUT2D eigenvalue weighted by molar-refractivity contribution is 7.20. The lowest BCUT2D eigenvalue weighted by atomic mass is 9.60. The van der Waals surface area contributed by atoms with Crippen LogP contribution in [0.2, 0.25) is 0 Å². The van der Waals surface area contributed by atoms with E-state index in [1.165, 1.54) is 120 Å². The third-order valence-electron chi connectivity index (χ3n) is 16.7. The third-order valence-corrected chi connectivity index (χ3v) is 17.8. The number of hydrogen-bond acceptors (Lipinski definition) is 2. The molecule has 0 saturated heterocycles. The molecule has 2 heteroatoms. The summed E-state index contributed by atoms with van der Waals surface area (Å²) in [5.41, 5.74) is 18.3. The molecule has 5 aromatic carbocycles. The van der Waals surface area contributed by atoms with E-state index >= 15 is 0 Å². The van der Waals surface area contributed by atoms with E-state index in [4.69, 9.17) is 0 Å². The quantitative estimate of drug-likeness (QED) is 0.137. The van der Waals surface area contributed by atoms with Crippen LogP contribution in [0.4, 0.5) is 5.69 Å². The molecule has 0 saturated carbocycles. The van der Waals surface area contributed by atoms with Crippen molar-refractivity contribution in [1.82, 2.24) is 0 Å². The molecule has 6 unspecified atom stereocenters. The van der Waals surface area contributed by atoms with E-state index in [1.54, 1.807) is 0 Å². The second-order valence-corrected chi connectivity index (χ2v) is 21.9. The second-order valence-electron chi connectivity index (χ2n) is 20.9. The van der Waals surface area contributed by atoms with Crippen molar-refractivity contribution in [3.63, 3.8) is 0 Å². The molecule has 0 amide bonds. The Hall–Kier alpha value is -6.74. The molecule has 1 nitrogen and oxygen atoms in total. The van der Waals surface area contributed by atoms with Crippen LogP contribution in [0.5, 0.6) is 0 Å². The zero-order chi connectivity index (χ0) is 47.7. The minimum Gasteiger partial charge on any atom is -0.348 e. The fourth-order valence-corrected chi connectivity index (χ4v) is 14.1. The van der Waals surface area contributed by atoms with Gasteiger partial charge in [-0.25, -0.2) is 0 Å². The molecule has 0 spiro atoms. The van der Waals surface area contributed by atoms with Crippen LogP contribution in [-0.4, -0.2) is 7.05 Å². The first-order chi connectivity index (χ1) is 35.0. The zero-order valence-electron chi connectivity index (χ0n) is 41.4. The molecule has 7 aliphatic rings. The van der Waals surface area contributed by atoms with Gasteiger partial charge in [0.1, 0.15) is 0 Å². The summed E-state index contributed by atoms with van der Waals surface area (Å²) >= 11 is 1.92. The highest BCUT2D eigenvalue weighted by atomic mass is 32.1. The summed E-state index contributed by atoms with van der Waals surface area (Å²) in [5.74, 6) is 2.57. The van der Waals surface area contributed by atoms with Gasteiger partial charge < -0.3 is 4.90 Å². The molecule has 7 aliphatic carbocycles. The number of thiophene rings is 1. The van der Waals surface area contributed by atoms with Crippen molar-refractivity contribution in [2.45, 2.75) is 82.0 Å². The summed E-state index contributed by atoms with van der Waals surface area (Å²) in [4.78, 5) is 3.81. The number of nitrogens with zero attached hydrogens (tertiary/aromatic N) is 1. The van der Waals surface area contributed by atoms with Crippen LogP contribution in [0.3, 0.4) is 0 Å². The van der Waals surface area contributed by atoms with Crippen LogP contribution in [0, 0.1) is 17.8 Å². The molecule has 1 heterocycles. The van der Waals surface area contributed by atoms with Gasteiger partial charge in [0.05, 0.1) is 5.41 Å². The Balaban J connectivity index is 0.000000345. The molecular formula is C69H65NS. The summed E-state index contributed by atoms with van der Waals surface area (Å²) in [6, 6.07) is 48.4. The summed E-state index contributed by atoms with van der Waals surface area (Å²) in [5, 5.41) is 1.41. The van der Waals surface area contributed by atoms with Crippen molar-refractivity contribution < 1.29 is 0 Å². The van der Waals surface area contributed by atoms with Gasteiger partial charge in [-0.3, -0.25) is 0 Å². The first-order valence-corrected chi connectivity index (χ1v) is 27.3. The summed E-state index contributed by atoms with van der Waals surface area (Å²) in [7, 11) is 2.23. The highest BCUT2D eigenvalue weighted by Gasteiger charge is 2.50. The normalized spacial score (nSPS) is 24.9. The van der Waals surface area contributed by atoms with Gasteiger partial charge in [-0.1, -0.05) is 195 Å². The van der Waals surface area contributed by atoms with Gasteiger partial charge in [0.15, 0.2) is 0 Å². The van der Waals surface area contributed by atoms with Crippen LogP contribution < -0.4 is 4.90 Å². The van der Waals surface area contributed by atoms with E-state index in [-0.39, 0.29) is 5.41 Å². The van der Waals surface area contributed by atoms with Crippen molar-refractivity contribution in [3.8, 4) is 0 Å². The molecule has 352 valence electrons. The third kappa shape index (κ3) is 8.59. The summed E-state index contributed by atoms with van der Waals surface area (Å²) in [6.07, 6.45) is 45.6. The van der Waals surface area contributed by atoms with Crippen molar-refractivity contribution in [1.29, 1.82) is 0 Å². The maximum Gasteiger partial charge on any atom is 0.0522 e. The lowest BCUT2D eigenvalue weighted by Gasteiger charge is -2.42. The number of rotatable bonds is 8. The smallest absolute Gasteiger partial charge is 0.0522 e. The molecule has 1 aromatic heterocycles. The van der Waals surface area contributed by atoms with E-state index in [1.807, 2.05) is 11.3 Å². The SMILES string of the molecule is CC1C=CC(C2C=CC=CC2)=CC1.CN(C1=CC(c2ccc(C3C=CC4=C(C3)c3ccccc3C4(c3ccccc3)C3C=CCCC3)cc2)=CCC1)c1ccc(C2CC=Cc3sc4ccccc4c32)cc1. The molecule has 13 rings (SSSR count).